The quantitative estimate of drug-likeness (QED) is 0.441. The van der Waals surface area contributed by atoms with E-state index in [0.29, 0.717) is 6.61 Å². The zero-order valence-electron chi connectivity index (χ0n) is 8.43. The Morgan fingerprint density at radius 3 is 3.07 bits per heavy atom. The van der Waals surface area contributed by atoms with Gasteiger partial charge in [0.2, 0.25) is 0 Å². The summed E-state index contributed by atoms with van der Waals surface area (Å²) < 4.78 is 14.7. The van der Waals surface area contributed by atoms with Crippen LogP contribution in [0.5, 0.6) is 0 Å². The lowest BCUT2D eigenvalue weighted by atomic mass is 10.4. The fourth-order valence-corrected chi connectivity index (χ4v) is 2.31. The molecule has 1 aliphatic heterocycles. The van der Waals surface area contributed by atoms with E-state index in [4.69, 9.17) is 9.47 Å². The summed E-state index contributed by atoms with van der Waals surface area (Å²) in [5, 5.41) is 9.47. The van der Waals surface area contributed by atoms with Gasteiger partial charge in [0.05, 0.1) is 13.2 Å². The lowest BCUT2D eigenvalue weighted by Crippen LogP contribution is -2.21. The molecule has 0 bridgehead atoms. The Balaban J connectivity index is 2.13. The maximum absolute atomic E-state index is 9.47. The second-order valence-corrected chi connectivity index (χ2v) is 4.97. The van der Waals surface area contributed by atoms with Crippen molar-refractivity contribution in [1.82, 2.24) is 0 Å². The van der Waals surface area contributed by atoms with Gasteiger partial charge >= 0.3 is 0 Å². The van der Waals surface area contributed by atoms with Gasteiger partial charge in [-0.1, -0.05) is 32.9 Å². The molecule has 0 aromatic rings. The minimum absolute atomic E-state index is 0.00292. The van der Waals surface area contributed by atoms with E-state index in [2.05, 4.69) is 14.7 Å². The average Bonchev–Trinajstić information content (AvgIpc) is 2.28. The van der Waals surface area contributed by atoms with Gasteiger partial charge in [0.1, 0.15) is 18.5 Å². The van der Waals surface area contributed by atoms with Gasteiger partial charge in [0, 0.05) is 4.08 Å². The monoisotopic (exact) mass is 322 g/mol. The number of hydrogen-bond donors (Lipinski definition) is 1. The first-order valence-corrected chi connectivity index (χ1v) is 7.13. The molecule has 1 aliphatic rings. The first kappa shape index (κ1) is 12.6. The molecule has 0 aromatic heterocycles. The summed E-state index contributed by atoms with van der Waals surface area (Å²) in [6.07, 6.45) is 4.97. The molecule has 0 aromatic carbocycles. The number of aliphatic hydroxyl groups excluding tert-OH is 1. The van der Waals surface area contributed by atoms with Crippen molar-refractivity contribution in [3.8, 4) is 0 Å². The van der Waals surface area contributed by atoms with E-state index >= 15 is 0 Å². The minimum atomic E-state index is -0.580. The molecule has 1 rings (SSSR count). The first-order valence-electron chi connectivity index (χ1n) is 4.64. The highest BCUT2D eigenvalue weighted by Crippen LogP contribution is 2.12. The number of halogens is 1. The second kappa shape index (κ2) is 7.78. The molecule has 0 fully saturated rings. The highest BCUT2D eigenvalue weighted by molar-refractivity contribution is 14.2. The Bertz CT molecular complexity index is 282. The molecule has 1 unspecified atom stereocenters. The molecular weight excluding hydrogens is 307 g/mol. The molecule has 15 heavy (non-hydrogen) atoms. The van der Waals surface area contributed by atoms with Crippen LogP contribution in [0.1, 0.15) is 0 Å². The standard InChI is InChI=1S/C11H15IO3/c1-2-6-14-8-10(13)9-15-11-4-3-5-12-7-11/h2-5,7,10,13H,1,6,8-9H2. The van der Waals surface area contributed by atoms with E-state index in [1.807, 2.05) is 12.2 Å². The number of hydrogen-bond acceptors (Lipinski definition) is 3. The van der Waals surface area contributed by atoms with Crippen LogP contribution in [0.15, 0.2) is 34.6 Å². The van der Waals surface area contributed by atoms with Gasteiger partial charge in [0.15, 0.2) is 0 Å². The summed E-state index contributed by atoms with van der Waals surface area (Å²) in [6.45, 7) is 4.54. The van der Waals surface area contributed by atoms with Gasteiger partial charge in [0.25, 0.3) is 0 Å². The number of rotatable bonds is 7. The van der Waals surface area contributed by atoms with E-state index in [9.17, 15) is 5.11 Å². The first-order chi connectivity index (χ1) is 7.33. The molecule has 4 heteroatoms. The Hall–Kier alpha value is -0.460. The van der Waals surface area contributed by atoms with Crippen LogP contribution in [0.3, 0.4) is 0 Å². The SMILES string of the molecule is C=CCOCC(O)COC1=CI=CC=C1. The van der Waals surface area contributed by atoms with Crippen molar-refractivity contribution in [3.05, 3.63) is 34.6 Å². The molecule has 0 saturated carbocycles. The van der Waals surface area contributed by atoms with Crippen molar-refractivity contribution in [1.29, 1.82) is 0 Å². The summed E-state index contributed by atoms with van der Waals surface area (Å²) in [5.74, 6) is 0.855. The smallest absolute Gasteiger partial charge is 0.125 e. The van der Waals surface area contributed by atoms with E-state index in [-0.39, 0.29) is 33.9 Å². The number of aliphatic hydroxyl groups is 1. The lowest BCUT2D eigenvalue weighted by Gasteiger charge is -2.12. The van der Waals surface area contributed by atoms with Crippen LogP contribution < -0.4 is 0 Å². The fraction of sp³-hybridized carbons (Fsp3) is 0.364. The van der Waals surface area contributed by atoms with Crippen LogP contribution in [0.4, 0.5) is 0 Å². The van der Waals surface area contributed by atoms with Gasteiger partial charge in [-0.25, -0.2) is 0 Å². The van der Waals surface area contributed by atoms with Crippen molar-refractivity contribution >= 4 is 24.7 Å². The van der Waals surface area contributed by atoms with Crippen LogP contribution in [0.2, 0.25) is 0 Å². The van der Waals surface area contributed by atoms with Crippen LogP contribution in [-0.2, 0) is 9.47 Å². The van der Waals surface area contributed by atoms with Gasteiger partial charge in [-0.3, -0.25) is 0 Å². The van der Waals surface area contributed by atoms with E-state index in [1.165, 1.54) is 0 Å². The van der Waals surface area contributed by atoms with Crippen LogP contribution in [0, 0.1) is 0 Å². The normalized spacial score (nSPS) is 16.5. The molecule has 84 valence electrons. The van der Waals surface area contributed by atoms with Gasteiger partial charge in [-0.15, -0.1) is 6.58 Å². The van der Waals surface area contributed by atoms with Crippen molar-refractivity contribution in [2.45, 2.75) is 6.10 Å². The molecule has 0 aliphatic carbocycles. The van der Waals surface area contributed by atoms with Crippen molar-refractivity contribution in [2.75, 3.05) is 19.8 Å². The van der Waals surface area contributed by atoms with Gasteiger partial charge in [-0.2, -0.15) is 0 Å². The topological polar surface area (TPSA) is 38.7 Å². The maximum atomic E-state index is 9.47. The van der Waals surface area contributed by atoms with Crippen LogP contribution >= 0.6 is 20.7 Å². The minimum Gasteiger partial charge on any atom is -0.490 e. The van der Waals surface area contributed by atoms with Crippen LogP contribution in [0.25, 0.3) is 0 Å². The van der Waals surface area contributed by atoms with E-state index in [0.717, 1.165) is 5.76 Å². The Kier molecular flexibility index (Phi) is 6.54. The second-order valence-electron chi connectivity index (χ2n) is 2.91. The summed E-state index contributed by atoms with van der Waals surface area (Å²) in [7, 11) is 0. The van der Waals surface area contributed by atoms with Crippen molar-refractivity contribution < 1.29 is 14.6 Å². The lowest BCUT2D eigenvalue weighted by molar-refractivity contribution is 0.00686. The third-order valence-electron chi connectivity index (χ3n) is 1.56. The Morgan fingerprint density at radius 2 is 2.40 bits per heavy atom. The molecule has 3 nitrogen and oxygen atoms in total. The summed E-state index contributed by atoms with van der Waals surface area (Å²) in [5.41, 5.74) is 0. The van der Waals surface area contributed by atoms with Crippen molar-refractivity contribution in [2.24, 2.45) is 0 Å². The highest BCUT2D eigenvalue weighted by atomic mass is 127. The summed E-state index contributed by atoms with van der Waals surface area (Å²) >= 11 is 0.00292. The van der Waals surface area contributed by atoms with Gasteiger partial charge in [-0.05, 0) is 10.1 Å². The fourth-order valence-electron chi connectivity index (χ4n) is 0.916. The molecule has 1 atom stereocenters. The third-order valence-corrected chi connectivity index (χ3v) is 3.37. The van der Waals surface area contributed by atoms with E-state index in [1.54, 1.807) is 6.08 Å². The predicted molar refractivity (Wildman–Crippen MR) is 70.3 cm³/mol. The Morgan fingerprint density at radius 1 is 1.53 bits per heavy atom. The molecule has 1 N–H and O–H groups in total. The molecule has 0 spiro atoms. The third kappa shape index (κ3) is 5.86. The molecule has 0 radical (unpaired) electrons. The van der Waals surface area contributed by atoms with Crippen LogP contribution in [-0.4, -0.2) is 35.0 Å². The molecule has 0 amide bonds. The average molecular weight is 322 g/mol. The largest absolute Gasteiger partial charge is 0.490 e. The number of ether oxygens (including phenoxy) is 2. The predicted octanol–water partition coefficient (Wildman–Crippen LogP) is 1.75. The zero-order chi connectivity index (χ0) is 10.9. The van der Waals surface area contributed by atoms with Gasteiger partial charge < -0.3 is 14.6 Å². The molecular formula is C11H15IO3. The molecule has 0 saturated heterocycles. The zero-order valence-corrected chi connectivity index (χ0v) is 10.6. The maximum Gasteiger partial charge on any atom is 0.125 e. The Labute approximate surface area is 99.8 Å². The summed E-state index contributed by atoms with van der Waals surface area (Å²) in [6, 6.07) is 0. The highest BCUT2D eigenvalue weighted by Gasteiger charge is 2.05. The molecule has 1 heterocycles. The summed E-state index contributed by atoms with van der Waals surface area (Å²) in [4.78, 5) is 0. The van der Waals surface area contributed by atoms with Crippen molar-refractivity contribution in [3.63, 3.8) is 0 Å². The van der Waals surface area contributed by atoms with E-state index < -0.39 is 6.10 Å². The number of allylic oxidation sites excluding steroid dienone is 2.